The minimum absolute atomic E-state index is 0.339. The Bertz CT molecular complexity index is 601. The maximum Gasteiger partial charge on any atom is 0.104 e. The van der Waals surface area contributed by atoms with Crippen molar-refractivity contribution in [2.75, 3.05) is 5.32 Å². The number of nitrogens with two attached hydrogens (primary N) is 1. The van der Waals surface area contributed by atoms with E-state index in [1.54, 1.807) is 6.07 Å². The molecule has 0 bridgehead atoms. The van der Waals surface area contributed by atoms with Gasteiger partial charge in [-0.1, -0.05) is 45.8 Å². The number of halogens is 2. The Morgan fingerprint density at radius 3 is 2.61 bits per heavy atom. The maximum atomic E-state index is 6.17. The fourth-order valence-corrected chi connectivity index (χ4v) is 2.25. The topological polar surface area (TPSA) is 38.0 Å². The highest BCUT2D eigenvalue weighted by Gasteiger charge is 2.04. The number of hydrogen-bond acceptors (Lipinski definition) is 2. The van der Waals surface area contributed by atoms with E-state index >= 15 is 0 Å². The van der Waals surface area contributed by atoms with Gasteiger partial charge >= 0.3 is 0 Å². The second-order valence-corrected chi connectivity index (χ2v) is 5.46. The first kappa shape index (κ1) is 13.3. The van der Waals surface area contributed by atoms with E-state index in [2.05, 4.69) is 21.2 Å². The highest BCUT2D eigenvalue weighted by molar-refractivity contribution is 9.10. The molecule has 2 rings (SSSR count). The molecule has 18 heavy (non-hydrogen) atoms. The molecule has 0 aromatic heterocycles. The summed E-state index contributed by atoms with van der Waals surface area (Å²) in [5.74, 6) is 0. The first-order valence-electron chi connectivity index (χ1n) is 5.18. The van der Waals surface area contributed by atoms with E-state index in [1.165, 1.54) is 0 Å². The standard InChI is InChI=1S/C13H10BrClN2S/c14-9-2-1-3-10(7-9)17-12-5-4-8(13(16)18)6-11(12)15/h1-7,17H,(H2,16,18). The zero-order valence-corrected chi connectivity index (χ0v) is 12.4. The molecule has 0 spiro atoms. The van der Waals surface area contributed by atoms with Crippen molar-refractivity contribution in [2.45, 2.75) is 0 Å². The third-order valence-corrected chi connectivity index (χ3v) is 3.40. The van der Waals surface area contributed by atoms with E-state index in [0.29, 0.717) is 10.0 Å². The van der Waals surface area contributed by atoms with Crippen LogP contribution in [0.3, 0.4) is 0 Å². The number of benzene rings is 2. The fourth-order valence-electron chi connectivity index (χ4n) is 1.49. The van der Waals surface area contributed by atoms with Crippen molar-refractivity contribution in [1.82, 2.24) is 0 Å². The van der Waals surface area contributed by atoms with Gasteiger partial charge in [-0.3, -0.25) is 0 Å². The first-order chi connectivity index (χ1) is 8.56. The van der Waals surface area contributed by atoms with E-state index in [1.807, 2.05) is 36.4 Å². The predicted octanol–water partition coefficient (Wildman–Crippen LogP) is 4.48. The lowest BCUT2D eigenvalue weighted by atomic mass is 10.2. The second-order valence-electron chi connectivity index (χ2n) is 3.69. The Morgan fingerprint density at radius 1 is 1.22 bits per heavy atom. The van der Waals surface area contributed by atoms with Crippen LogP contribution in [0.5, 0.6) is 0 Å². The Kier molecular flexibility index (Phi) is 4.22. The summed E-state index contributed by atoms with van der Waals surface area (Å²) in [5.41, 5.74) is 8.08. The van der Waals surface area contributed by atoms with E-state index in [0.717, 1.165) is 21.4 Å². The summed E-state index contributed by atoms with van der Waals surface area (Å²) >= 11 is 14.5. The molecule has 0 saturated carbocycles. The zero-order chi connectivity index (χ0) is 13.1. The van der Waals surface area contributed by atoms with Crippen LogP contribution in [0.25, 0.3) is 0 Å². The quantitative estimate of drug-likeness (QED) is 0.808. The summed E-state index contributed by atoms with van der Waals surface area (Å²) in [6.45, 7) is 0. The van der Waals surface area contributed by atoms with Crippen LogP contribution in [-0.4, -0.2) is 4.99 Å². The van der Waals surface area contributed by atoms with E-state index in [9.17, 15) is 0 Å². The Balaban J connectivity index is 2.27. The number of nitrogens with one attached hydrogen (secondary N) is 1. The highest BCUT2D eigenvalue weighted by Crippen LogP contribution is 2.27. The molecular formula is C13H10BrClN2S. The summed E-state index contributed by atoms with van der Waals surface area (Å²) in [4.78, 5) is 0.339. The molecule has 0 aliphatic rings. The van der Waals surface area contributed by atoms with Crippen molar-refractivity contribution < 1.29 is 0 Å². The van der Waals surface area contributed by atoms with Gasteiger partial charge in [0.15, 0.2) is 0 Å². The molecular weight excluding hydrogens is 332 g/mol. The number of rotatable bonds is 3. The van der Waals surface area contributed by atoms with Gasteiger partial charge in [-0.05, 0) is 36.4 Å². The van der Waals surface area contributed by atoms with Gasteiger partial charge in [-0.2, -0.15) is 0 Å². The van der Waals surface area contributed by atoms with Crippen LogP contribution >= 0.6 is 39.7 Å². The Hall–Kier alpha value is -1.10. The third kappa shape index (κ3) is 3.22. The van der Waals surface area contributed by atoms with Gasteiger partial charge in [-0.15, -0.1) is 0 Å². The van der Waals surface area contributed by atoms with Gasteiger partial charge in [0.25, 0.3) is 0 Å². The largest absolute Gasteiger partial charge is 0.389 e. The molecule has 2 aromatic carbocycles. The summed E-state index contributed by atoms with van der Waals surface area (Å²) in [7, 11) is 0. The van der Waals surface area contributed by atoms with Crippen molar-refractivity contribution in [3.63, 3.8) is 0 Å². The molecule has 0 atom stereocenters. The number of hydrogen-bond donors (Lipinski definition) is 2. The molecule has 2 nitrogen and oxygen atoms in total. The predicted molar refractivity (Wildman–Crippen MR) is 84.8 cm³/mol. The van der Waals surface area contributed by atoms with Crippen LogP contribution < -0.4 is 11.1 Å². The summed E-state index contributed by atoms with van der Waals surface area (Å²) in [5, 5.41) is 3.82. The summed E-state index contributed by atoms with van der Waals surface area (Å²) in [6.07, 6.45) is 0. The Morgan fingerprint density at radius 2 is 2.00 bits per heavy atom. The minimum Gasteiger partial charge on any atom is -0.389 e. The number of anilines is 2. The molecule has 5 heteroatoms. The molecule has 0 saturated heterocycles. The zero-order valence-electron chi connectivity index (χ0n) is 9.28. The molecule has 3 N–H and O–H groups in total. The number of thiocarbonyl (C=S) groups is 1. The average Bonchev–Trinajstić information content (AvgIpc) is 2.31. The molecule has 0 heterocycles. The van der Waals surface area contributed by atoms with Crippen molar-refractivity contribution in [2.24, 2.45) is 5.73 Å². The lowest BCUT2D eigenvalue weighted by Crippen LogP contribution is -2.09. The van der Waals surface area contributed by atoms with Gasteiger partial charge < -0.3 is 11.1 Å². The smallest absolute Gasteiger partial charge is 0.104 e. The van der Waals surface area contributed by atoms with Crippen LogP contribution in [0, 0.1) is 0 Å². The van der Waals surface area contributed by atoms with E-state index in [4.69, 9.17) is 29.6 Å². The summed E-state index contributed by atoms with van der Waals surface area (Å²) in [6, 6.07) is 13.3. The monoisotopic (exact) mass is 340 g/mol. The van der Waals surface area contributed by atoms with Crippen LogP contribution in [0.15, 0.2) is 46.9 Å². The van der Waals surface area contributed by atoms with Gasteiger partial charge in [-0.25, -0.2) is 0 Å². The molecule has 0 amide bonds. The van der Waals surface area contributed by atoms with Crippen molar-refractivity contribution in [3.05, 3.63) is 57.5 Å². The van der Waals surface area contributed by atoms with Crippen LogP contribution in [0.2, 0.25) is 5.02 Å². The Labute approximate surface area is 124 Å². The van der Waals surface area contributed by atoms with E-state index < -0.39 is 0 Å². The molecule has 0 fully saturated rings. The lowest BCUT2D eigenvalue weighted by Gasteiger charge is -2.10. The third-order valence-electron chi connectivity index (χ3n) is 2.36. The molecule has 0 radical (unpaired) electrons. The van der Waals surface area contributed by atoms with Crippen molar-refractivity contribution in [1.29, 1.82) is 0 Å². The fraction of sp³-hybridized carbons (Fsp3) is 0. The van der Waals surface area contributed by atoms with Crippen LogP contribution in [0.4, 0.5) is 11.4 Å². The first-order valence-corrected chi connectivity index (χ1v) is 6.76. The van der Waals surface area contributed by atoms with E-state index in [-0.39, 0.29) is 0 Å². The van der Waals surface area contributed by atoms with Gasteiger partial charge in [0.1, 0.15) is 4.99 Å². The lowest BCUT2D eigenvalue weighted by molar-refractivity contribution is 1.52. The molecule has 0 unspecified atom stereocenters. The normalized spacial score (nSPS) is 10.1. The summed E-state index contributed by atoms with van der Waals surface area (Å²) < 4.78 is 1.00. The molecule has 92 valence electrons. The SMILES string of the molecule is NC(=S)c1ccc(Nc2cccc(Br)c2)c(Cl)c1. The second kappa shape index (κ2) is 5.69. The average molecular weight is 342 g/mol. The molecule has 0 aliphatic carbocycles. The van der Waals surface area contributed by atoms with Crippen molar-refractivity contribution >= 4 is 56.1 Å². The maximum absolute atomic E-state index is 6.17. The van der Waals surface area contributed by atoms with Crippen LogP contribution in [0.1, 0.15) is 5.56 Å². The van der Waals surface area contributed by atoms with Gasteiger partial charge in [0.05, 0.1) is 10.7 Å². The highest BCUT2D eigenvalue weighted by atomic mass is 79.9. The van der Waals surface area contributed by atoms with Crippen LogP contribution in [-0.2, 0) is 0 Å². The minimum atomic E-state index is 0.339. The molecule has 2 aromatic rings. The van der Waals surface area contributed by atoms with Gasteiger partial charge in [0, 0.05) is 15.7 Å². The molecule has 0 aliphatic heterocycles. The van der Waals surface area contributed by atoms with Gasteiger partial charge in [0.2, 0.25) is 0 Å². The van der Waals surface area contributed by atoms with Crippen molar-refractivity contribution in [3.8, 4) is 0 Å².